The number of hydrogen-bond acceptors (Lipinski definition) is 2. The molecular weight excluding hydrogens is 209 g/mol. The van der Waals surface area contributed by atoms with Gasteiger partial charge in [0.25, 0.3) is 0 Å². The Balaban J connectivity index is 2.03. The SMILES string of the molecule is O=C1CCC(OCCCC(F)(F)F)CC1. The molecule has 0 unspecified atom stereocenters. The van der Waals surface area contributed by atoms with E-state index in [4.69, 9.17) is 4.74 Å². The van der Waals surface area contributed by atoms with Gasteiger partial charge in [-0.25, -0.2) is 0 Å². The highest BCUT2D eigenvalue weighted by molar-refractivity contribution is 5.79. The Morgan fingerprint density at radius 1 is 1.27 bits per heavy atom. The molecule has 0 radical (unpaired) electrons. The lowest BCUT2D eigenvalue weighted by Crippen LogP contribution is -2.22. The molecule has 0 aliphatic heterocycles. The largest absolute Gasteiger partial charge is 0.389 e. The van der Waals surface area contributed by atoms with Crippen LogP contribution in [-0.4, -0.2) is 24.7 Å². The van der Waals surface area contributed by atoms with Gasteiger partial charge < -0.3 is 4.74 Å². The highest BCUT2D eigenvalue weighted by Gasteiger charge is 2.26. The molecular formula is C10H15F3O2. The summed E-state index contributed by atoms with van der Waals surface area (Å²) in [6.07, 6.45) is -2.57. The van der Waals surface area contributed by atoms with Gasteiger partial charge in [-0.1, -0.05) is 0 Å². The first-order chi connectivity index (χ1) is 6.97. The Morgan fingerprint density at radius 3 is 2.40 bits per heavy atom. The van der Waals surface area contributed by atoms with E-state index in [-0.39, 0.29) is 24.9 Å². The van der Waals surface area contributed by atoms with E-state index in [0.29, 0.717) is 25.7 Å². The maximum Gasteiger partial charge on any atom is 0.389 e. The second kappa shape index (κ2) is 5.49. The zero-order chi connectivity index (χ0) is 11.3. The zero-order valence-electron chi connectivity index (χ0n) is 8.48. The molecule has 0 spiro atoms. The first-order valence-corrected chi connectivity index (χ1v) is 5.17. The van der Waals surface area contributed by atoms with E-state index in [1.54, 1.807) is 0 Å². The van der Waals surface area contributed by atoms with Crippen LogP contribution in [0.5, 0.6) is 0 Å². The summed E-state index contributed by atoms with van der Waals surface area (Å²) >= 11 is 0. The van der Waals surface area contributed by atoms with Crippen LogP contribution >= 0.6 is 0 Å². The van der Waals surface area contributed by atoms with Gasteiger partial charge in [0.2, 0.25) is 0 Å². The monoisotopic (exact) mass is 224 g/mol. The normalized spacial score (nSPS) is 19.5. The minimum absolute atomic E-state index is 0.00788. The fourth-order valence-corrected chi connectivity index (χ4v) is 1.60. The first kappa shape index (κ1) is 12.5. The van der Waals surface area contributed by atoms with E-state index in [9.17, 15) is 18.0 Å². The van der Waals surface area contributed by atoms with Crippen molar-refractivity contribution >= 4 is 5.78 Å². The van der Waals surface area contributed by atoms with Crippen molar-refractivity contribution < 1.29 is 22.7 Å². The topological polar surface area (TPSA) is 26.3 Å². The van der Waals surface area contributed by atoms with Gasteiger partial charge in [0, 0.05) is 25.9 Å². The smallest absolute Gasteiger partial charge is 0.378 e. The molecule has 1 rings (SSSR count). The number of ether oxygens (including phenoxy) is 1. The molecule has 0 saturated heterocycles. The molecule has 15 heavy (non-hydrogen) atoms. The second-order valence-corrected chi connectivity index (χ2v) is 3.83. The molecule has 1 aliphatic rings. The number of ketones is 1. The highest BCUT2D eigenvalue weighted by atomic mass is 19.4. The van der Waals surface area contributed by atoms with E-state index in [1.807, 2.05) is 0 Å². The third kappa shape index (κ3) is 5.77. The van der Waals surface area contributed by atoms with Gasteiger partial charge >= 0.3 is 6.18 Å². The summed E-state index contributed by atoms with van der Waals surface area (Å²) < 4.78 is 40.6. The van der Waals surface area contributed by atoms with Gasteiger partial charge in [-0.3, -0.25) is 4.79 Å². The third-order valence-electron chi connectivity index (χ3n) is 2.45. The summed E-state index contributed by atoms with van der Waals surface area (Å²) in [5.41, 5.74) is 0. The Bertz CT molecular complexity index is 203. The van der Waals surface area contributed by atoms with Crippen molar-refractivity contribution in [3.05, 3.63) is 0 Å². The molecule has 1 aliphatic carbocycles. The Hall–Kier alpha value is -0.580. The Kier molecular flexibility index (Phi) is 4.57. The quantitative estimate of drug-likeness (QED) is 0.686. The zero-order valence-corrected chi connectivity index (χ0v) is 8.48. The fourth-order valence-electron chi connectivity index (χ4n) is 1.60. The number of Topliss-reactive ketones (excluding diaryl/α,β-unsaturated/α-hetero) is 1. The van der Waals surface area contributed by atoms with Gasteiger partial charge in [-0.15, -0.1) is 0 Å². The van der Waals surface area contributed by atoms with E-state index in [2.05, 4.69) is 0 Å². The van der Waals surface area contributed by atoms with Crippen LogP contribution in [0, 0.1) is 0 Å². The van der Waals surface area contributed by atoms with E-state index in [0.717, 1.165) is 0 Å². The molecule has 0 aromatic carbocycles. The average molecular weight is 224 g/mol. The number of hydrogen-bond donors (Lipinski definition) is 0. The molecule has 0 aromatic heterocycles. The summed E-state index contributed by atoms with van der Waals surface area (Å²) in [7, 11) is 0. The number of carbonyl (C=O) groups excluding carboxylic acids is 1. The van der Waals surface area contributed by atoms with Crippen LogP contribution in [-0.2, 0) is 9.53 Å². The van der Waals surface area contributed by atoms with Gasteiger partial charge in [0.05, 0.1) is 6.10 Å². The molecule has 0 amide bonds. The maximum atomic E-state index is 11.8. The molecule has 88 valence electrons. The molecule has 0 heterocycles. The minimum atomic E-state index is -4.09. The van der Waals surface area contributed by atoms with Crippen molar-refractivity contribution in [3.63, 3.8) is 0 Å². The van der Waals surface area contributed by atoms with Gasteiger partial charge in [-0.2, -0.15) is 13.2 Å². The molecule has 2 nitrogen and oxygen atoms in total. The Morgan fingerprint density at radius 2 is 1.87 bits per heavy atom. The molecule has 5 heteroatoms. The van der Waals surface area contributed by atoms with Gasteiger partial charge in [0.15, 0.2) is 0 Å². The van der Waals surface area contributed by atoms with Crippen LogP contribution in [0.1, 0.15) is 38.5 Å². The number of alkyl halides is 3. The van der Waals surface area contributed by atoms with E-state index in [1.165, 1.54) is 0 Å². The molecule has 0 N–H and O–H groups in total. The van der Waals surface area contributed by atoms with E-state index >= 15 is 0 Å². The second-order valence-electron chi connectivity index (χ2n) is 3.83. The lowest BCUT2D eigenvalue weighted by Gasteiger charge is -2.21. The standard InChI is InChI=1S/C10H15F3O2/c11-10(12,13)6-1-7-15-9-4-2-8(14)3-5-9/h9H,1-7H2. The van der Waals surface area contributed by atoms with Crippen molar-refractivity contribution in [2.75, 3.05) is 6.61 Å². The van der Waals surface area contributed by atoms with Crippen molar-refractivity contribution in [1.29, 1.82) is 0 Å². The predicted octanol–water partition coefficient (Wildman–Crippen LogP) is 2.86. The third-order valence-corrected chi connectivity index (χ3v) is 2.45. The van der Waals surface area contributed by atoms with Crippen molar-refractivity contribution in [1.82, 2.24) is 0 Å². The summed E-state index contributed by atoms with van der Waals surface area (Å²) in [5, 5.41) is 0. The van der Waals surface area contributed by atoms with Crippen LogP contribution in [0.25, 0.3) is 0 Å². The predicted molar refractivity (Wildman–Crippen MR) is 48.5 cm³/mol. The summed E-state index contributed by atoms with van der Waals surface area (Å²) in [5.74, 6) is 0.227. The molecule has 0 atom stereocenters. The maximum absolute atomic E-state index is 11.8. The lowest BCUT2D eigenvalue weighted by atomic mass is 9.96. The van der Waals surface area contributed by atoms with Gasteiger partial charge in [0.1, 0.15) is 5.78 Å². The van der Waals surface area contributed by atoms with Crippen molar-refractivity contribution in [2.45, 2.75) is 50.8 Å². The molecule has 0 aromatic rings. The average Bonchev–Trinajstić information content (AvgIpc) is 2.14. The summed E-state index contributed by atoms with van der Waals surface area (Å²) in [6, 6.07) is 0. The Labute approximate surface area is 86.8 Å². The van der Waals surface area contributed by atoms with Crippen LogP contribution < -0.4 is 0 Å². The van der Waals surface area contributed by atoms with Crippen molar-refractivity contribution in [2.24, 2.45) is 0 Å². The minimum Gasteiger partial charge on any atom is -0.378 e. The molecule has 0 bridgehead atoms. The number of rotatable bonds is 4. The summed E-state index contributed by atoms with van der Waals surface area (Å²) in [6.45, 7) is 0.137. The van der Waals surface area contributed by atoms with Crippen LogP contribution in [0.3, 0.4) is 0 Å². The number of carbonyl (C=O) groups is 1. The number of halogens is 3. The fraction of sp³-hybridized carbons (Fsp3) is 0.900. The van der Waals surface area contributed by atoms with Crippen molar-refractivity contribution in [3.8, 4) is 0 Å². The highest BCUT2D eigenvalue weighted by Crippen LogP contribution is 2.22. The van der Waals surface area contributed by atoms with Crippen LogP contribution in [0.2, 0.25) is 0 Å². The van der Waals surface area contributed by atoms with E-state index < -0.39 is 12.6 Å². The van der Waals surface area contributed by atoms with Crippen LogP contribution in [0.4, 0.5) is 13.2 Å². The van der Waals surface area contributed by atoms with Gasteiger partial charge in [-0.05, 0) is 19.3 Å². The van der Waals surface area contributed by atoms with Crippen LogP contribution in [0.15, 0.2) is 0 Å². The summed E-state index contributed by atoms with van der Waals surface area (Å²) in [4.78, 5) is 10.9. The first-order valence-electron chi connectivity index (χ1n) is 5.17. The lowest BCUT2D eigenvalue weighted by molar-refractivity contribution is -0.139. The molecule has 1 fully saturated rings. The molecule has 1 saturated carbocycles.